The van der Waals surface area contributed by atoms with E-state index >= 15 is 0 Å². The van der Waals surface area contributed by atoms with Crippen LogP contribution in [0.5, 0.6) is 0 Å². The van der Waals surface area contributed by atoms with Crippen molar-refractivity contribution in [1.29, 1.82) is 0 Å². The maximum atomic E-state index is 11.9. The first-order chi connectivity index (χ1) is 10.3. The minimum atomic E-state index is -4.47. The quantitative estimate of drug-likeness (QED) is 0.337. The monoisotopic (exact) mass is 351 g/mol. The molecule has 1 aromatic carbocycles. The number of amides is 1. The van der Waals surface area contributed by atoms with Gasteiger partial charge in [-0.3, -0.25) is 18.9 Å². The average molecular weight is 351 g/mol. The molecule has 10 heteroatoms. The summed E-state index contributed by atoms with van der Waals surface area (Å²) in [5.41, 5.74) is 0.0793. The number of Topliss-reactive ketones (excluding diaryl/α,β-unsaturated/α-hetero) is 1. The molecule has 1 heterocycles. The predicted molar refractivity (Wildman–Crippen MR) is 81.3 cm³/mol. The van der Waals surface area contributed by atoms with Crippen LogP contribution in [0, 0.1) is 0 Å². The minimum absolute atomic E-state index is 0. The van der Waals surface area contributed by atoms with Crippen LogP contribution in [0.25, 0.3) is 0 Å². The van der Waals surface area contributed by atoms with Gasteiger partial charge in [-0.1, -0.05) is 0 Å². The molecule has 8 nitrogen and oxygen atoms in total. The summed E-state index contributed by atoms with van der Waals surface area (Å²) in [5, 5.41) is 0. The van der Waals surface area contributed by atoms with E-state index in [0.29, 0.717) is 0 Å². The second-order valence-electron chi connectivity index (χ2n) is 4.49. The number of ether oxygens (including phenoxy) is 1. The molecule has 0 saturated carbocycles. The number of anilines is 1. The molecule has 1 aliphatic heterocycles. The Morgan fingerprint density at radius 2 is 1.96 bits per heavy atom. The van der Waals surface area contributed by atoms with Crippen LogP contribution in [-0.4, -0.2) is 73.3 Å². The van der Waals surface area contributed by atoms with Crippen LogP contribution in [0.15, 0.2) is 23.1 Å². The number of ketones is 1. The van der Waals surface area contributed by atoms with Gasteiger partial charge in [0.1, 0.15) is 0 Å². The van der Waals surface area contributed by atoms with Crippen LogP contribution in [0.3, 0.4) is 0 Å². The summed E-state index contributed by atoms with van der Waals surface area (Å²) in [5.74, 6) is -2.25. The van der Waals surface area contributed by atoms with Crippen LogP contribution in [0.4, 0.5) is 5.69 Å². The molecule has 1 aliphatic rings. The van der Waals surface area contributed by atoms with Crippen molar-refractivity contribution in [3.63, 3.8) is 0 Å². The van der Waals surface area contributed by atoms with Crippen molar-refractivity contribution >= 4 is 63.0 Å². The number of esters is 1. The Kier molecular flexibility index (Phi) is 6.49. The first-order valence-electron chi connectivity index (χ1n) is 6.39. The third kappa shape index (κ3) is 4.18. The molecule has 120 valence electrons. The molecule has 23 heavy (non-hydrogen) atoms. The molecule has 0 atom stereocenters. The van der Waals surface area contributed by atoms with Crippen molar-refractivity contribution in [3.8, 4) is 0 Å². The van der Waals surface area contributed by atoms with Crippen molar-refractivity contribution in [3.05, 3.63) is 23.8 Å². The topological polar surface area (TPSA) is 118 Å². The van der Waals surface area contributed by atoms with E-state index in [2.05, 4.69) is 0 Å². The second-order valence-corrected chi connectivity index (χ2v) is 5.92. The van der Waals surface area contributed by atoms with Crippen LogP contribution < -0.4 is 4.90 Å². The fourth-order valence-corrected chi connectivity index (χ4v) is 2.61. The average Bonchev–Trinajstić information content (AvgIpc) is 2.68. The van der Waals surface area contributed by atoms with E-state index in [4.69, 9.17) is 9.29 Å². The molecule has 0 aromatic heterocycles. The molecule has 1 amide bonds. The van der Waals surface area contributed by atoms with E-state index in [1.165, 1.54) is 6.07 Å². The van der Waals surface area contributed by atoms with E-state index in [9.17, 15) is 22.8 Å². The molecule has 1 N–H and O–H groups in total. The number of hydrogen-bond acceptors (Lipinski definition) is 6. The first kappa shape index (κ1) is 19.8. The summed E-state index contributed by atoms with van der Waals surface area (Å²) >= 11 is 0. The van der Waals surface area contributed by atoms with Gasteiger partial charge in [-0.25, -0.2) is 0 Å². The number of benzene rings is 1. The summed E-state index contributed by atoms with van der Waals surface area (Å²) in [6, 6.07) is 3.26. The van der Waals surface area contributed by atoms with Crippen LogP contribution in [0.1, 0.15) is 23.7 Å². The predicted octanol–water partition coefficient (Wildman–Crippen LogP) is -0.233. The standard InChI is InChI=1S/C13H13NO7S.Na.H/c1-2-21-11(15)5-6-14-10-4-3-8(22(18,19)20)7-9(10)12(16)13(14)17;;/h3-4,7H,2,5-6H2,1H3,(H,18,19,20);;. The fourth-order valence-electron chi connectivity index (χ4n) is 2.10. The molecule has 0 unspecified atom stereocenters. The number of carbonyl (C=O) groups is 3. The second kappa shape index (κ2) is 7.54. The van der Waals surface area contributed by atoms with Crippen LogP contribution in [-0.2, 0) is 24.4 Å². The summed E-state index contributed by atoms with van der Waals surface area (Å²) in [6.07, 6.45) is -0.0909. The zero-order chi connectivity index (χ0) is 16.5. The third-order valence-corrected chi connectivity index (χ3v) is 3.94. The van der Waals surface area contributed by atoms with Gasteiger partial charge in [0, 0.05) is 6.54 Å². The molecule has 0 fully saturated rings. The Morgan fingerprint density at radius 1 is 1.30 bits per heavy atom. The van der Waals surface area contributed by atoms with Gasteiger partial charge in [-0.15, -0.1) is 0 Å². The van der Waals surface area contributed by atoms with Crippen molar-refractivity contribution in [1.82, 2.24) is 0 Å². The Balaban J connectivity index is 0.00000264. The van der Waals surface area contributed by atoms with Crippen molar-refractivity contribution in [2.24, 2.45) is 0 Å². The number of rotatable bonds is 5. The van der Waals surface area contributed by atoms with Gasteiger partial charge >= 0.3 is 35.5 Å². The van der Waals surface area contributed by atoms with E-state index in [1.54, 1.807) is 6.92 Å². The Bertz CT molecular complexity index is 760. The summed E-state index contributed by atoms with van der Waals surface area (Å²) in [7, 11) is -4.47. The normalized spacial score (nSPS) is 13.6. The van der Waals surface area contributed by atoms with Gasteiger partial charge in [0.25, 0.3) is 21.8 Å². The molecular formula is C13H14NNaO7S. The van der Waals surface area contributed by atoms with E-state index in [-0.39, 0.29) is 60.4 Å². The van der Waals surface area contributed by atoms with Crippen molar-refractivity contribution < 1.29 is 32.1 Å². The maximum absolute atomic E-state index is 11.9. The number of nitrogens with zero attached hydrogens (tertiary/aromatic N) is 1. The Labute approximate surface area is 154 Å². The van der Waals surface area contributed by atoms with E-state index in [0.717, 1.165) is 17.0 Å². The van der Waals surface area contributed by atoms with Gasteiger partial charge < -0.3 is 9.64 Å². The fraction of sp³-hybridized carbons (Fsp3) is 0.308. The zero-order valence-electron chi connectivity index (χ0n) is 11.6. The zero-order valence-corrected chi connectivity index (χ0v) is 12.4. The van der Waals surface area contributed by atoms with Crippen molar-refractivity contribution in [2.45, 2.75) is 18.2 Å². The first-order valence-corrected chi connectivity index (χ1v) is 7.83. The molecule has 0 aliphatic carbocycles. The third-order valence-electron chi connectivity index (χ3n) is 3.09. The van der Waals surface area contributed by atoms with Gasteiger partial charge in [-0.2, -0.15) is 8.42 Å². The summed E-state index contributed by atoms with van der Waals surface area (Å²) in [4.78, 5) is 35.7. The Morgan fingerprint density at radius 3 is 2.52 bits per heavy atom. The number of carbonyl (C=O) groups excluding carboxylic acids is 3. The van der Waals surface area contributed by atoms with Gasteiger partial charge in [0.15, 0.2) is 0 Å². The molecule has 0 radical (unpaired) electrons. The van der Waals surface area contributed by atoms with Crippen LogP contribution in [0.2, 0.25) is 0 Å². The summed E-state index contributed by atoms with van der Waals surface area (Å²) in [6.45, 7) is 1.80. The summed E-state index contributed by atoms with van der Waals surface area (Å²) < 4.78 is 35.9. The van der Waals surface area contributed by atoms with E-state index in [1.807, 2.05) is 0 Å². The molecule has 0 saturated heterocycles. The molecule has 2 rings (SSSR count). The molecular weight excluding hydrogens is 337 g/mol. The van der Waals surface area contributed by atoms with Crippen LogP contribution >= 0.6 is 0 Å². The van der Waals surface area contributed by atoms with E-state index < -0.39 is 32.7 Å². The Hall–Kier alpha value is -1.26. The van der Waals surface area contributed by atoms with Gasteiger partial charge in [0.2, 0.25) is 0 Å². The molecule has 1 aromatic rings. The SMILES string of the molecule is CCOC(=O)CCN1C(=O)C(=O)c2cc(S(=O)(=O)O)ccc21.[NaH]. The number of fused-ring (bicyclic) bond motifs is 1. The number of hydrogen-bond donors (Lipinski definition) is 1. The molecule has 0 spiro atoms. The van der Waals surface area contributed by atoms with Crippen molar-refractivity contribution in [2.75, 3.05) is 18.1 Å². The molecule has 0 bridgehead atoms. The van der Waals surface area contributed by atoms with Gasteiger partial charge in [-0.05, 0) is 25.1 Å². The van der Waals surface area contributed by atoms with Gasteiger partial charge in [0.05, 0.1) is 29.2 Å².